The molecular weight excluding hydrogens is 257 g/mol. The summed E-state index contributed by atoms with van der Waals surface area (Å²) in [5, 5.41) is 1.89. The molecule has 0 radical (unpaired) electrons. The summed E-state index contributed by atoms with van der Waals surface area (Å²) in [6.07, 6.45) is 4.65. The summed E-state index contributed by atoms with van der Waals surface area (Å²) in [5.41, 5.74) is 0.796. The van der Waals surface area contributed by atoms with Gasteiger partial charge in [0.2, 0.25) is 0 Å². The third kappa shape index (κ3) is 3.33. The summed E-state index contributed by atoms with van der Waals surface area (Å²) in [7, 11) is 0. The first-order valence-corrected chi connectivity index (χ1v) is 5.97. The van der Waals surface area contributed by atoms with Crippen LogP contribution in [-0.4, -0.2) is 17.1 Å². The average molecular weight is 270 g/mol. The van der Waals surface area contributed by atoms with E-state index in [1.165, 1.54) is 12.4 Å². The second-order valence-electron chi connectivity index (χ2n) is 4.38. The smallest absolute Gasteiger partial charge is 0.317 e. The number of carbonyl (C=O) groups is 1. The lowest BCUT2D eigenvalue weighted by Crippen LogP contribution is -2.30. The van der Waals surface area contributed by atoms with Gasteiger partial charge in [0.25, 0.3) is 0 Å². The van der Waals surface area contributed by atoms with E-state index >= 15 is 0 Å². The van der Waals surface area contributed by atoms with Gasteiger partial charge in [-0.15, -0.1) is 0 Å². The second-order valence-corrected chi connectivity index (χ2v) is 4.38. The maximum atomic E-state index is 12.3. The molecule has 1 aromatic heterocycles. The summed E-state index contributed by atoms with van der Waals surface area (Å²) in [5.74, 6) is -1.94. The largest absolute Gasteiger partial charge is 0.471 e. The maximum absolute atomic E-state index is 12.3. The van der Waals surface area contributed by atoms with Crippen LogP contribution < -0.4 is 5.32 Å². The van der Waals surface area contributed by atoms with Gasteiger partial charge in [-0.25, -0.2) is 0 Å². The summed E-state index contributed by atoms with van der Waals surface area (Å²) >= 11 is 0. The van der Waals surface area contributed by atoms with Crippen LogP contribution in [0.25, 0.3) is 0 Å². The van der Waals surface area contributed by atoms with Gasteiger partial charge in [0.1, 0.15) is 0 Å². The summed E-state index contributed by atoms with van der Waals surface area (Å²) in [6.45, 7) is 0. The number of amides is 1. The first-order valence-electron chi connectivity index (χ1n) is 5.97. The fourth-order valence-electron chi connectivity index (χ4n) is 2.10. The van der Waals surface area contributed by atoms with Gasteiger partial charge in [0.15, 0.2) is 0 Å². The molecule has 0 aromatic carbocycles. The number of carbonyl (C=O) groups excluding carboxylic acids is 1. The molecule has 0 fully saturated rings. The van der Waals surface area contributed by atoms with Crippen molar-refractivity contribution in [3.63, 3.8) is 0 Å². The Labute approximate surface area is 108 Å². The lowest BCUT2D eigenvalue weighted by Gasteiger charge is -2.20. The molecule has 0 bridgehead atoms. The normalized spacial score (nSPS) is 19.2. The zero-order valence-corrected chi connectivity index (χ0v) is 10.1. The molecule has 1 aliphatic rings. The summed E-state index contributed by atoms with van der Waals surface area (Å²) < 4.78 is 36.8. The minimum absolute atomic E-state index is 0.0280. The molecule has 1 heterocycles. The molecule has 102 valence electrons. The van der Waals surface area contributed by atoms with E-state index in [-0.39, 0.29) is 11.6 Å². The van der Waals surface area contributed by atoms with Gasteiger partial charge in [-0.05, 0) is 30.9 Å². The molecule has 1 aromatic rings. The SMILES string of the molecule is O=C(Nc1cnccc1C1C=CCCC1)C(F)(F)F. The number of nitrogens with zero attached hydrogens (tertiary/aromatic N) is 1. The number of pyridine rings is 1. The van der Waals surface area contributed by atoms with Crippen molar-refractivity contribution in [1.82, 2.24) is 4.98 Å². The van der Waals surface area contributed by atoms with Gasteiger partial charge >= 0.3 is 12.1 Å². The van der Waals surface area contributed by atoms with Crippen LogP contribution in [0.2, 0.25) is 0 Å². The van der Waals surface area contributed by atoms with E-state index in [0.29, 0.717) is 5.56 Å². The highest BCUT2D eigenvalue weighted by molar-refractivity contribution is 5.95. The van der Waals surface area contributed by atoms with Crippen LogP contribution in [0.3, 0.4) is 0 Å². The number of nitrogens with one attached hydrogen (secondary N) is 1. The van der Waals surface area contributed by atoms with Gasteiger partial charge < -0.3 is 5.32 Å². The molecule has 1 amide bonds. The Hall–Kier alpha value is -1.85. The number of halogens is 3. The van der Waals surface area contributed by atoms with Crippen molar-refractivity contribution in [3.8, 4) is 0 Å². The third-order valence-corrected chi connectivity index (χ3v) is 3.01. The standard InChI is InChI=1S/C13H13F3N2O/c14-13(15,16)12(19)18-11-8-17-7-6-10(11)9-4-2-1-3-5-9/h2,4,6-9H,1,3,5H2,(H,18,19). The van der Waals surface area contributed by atoms with E-state index in [1.807, 2.05) is 17.5 Å². The molecule has 0 spiro atoms. The molecule has 19 heavy (non-hydrogen) atoms. The van der Waals surface area contributed by atoms with E-state index in [9.17, 15) is 18.0 Å². The van der Waals surface area contributed by atoms with E-state index < -0.39 is 12.1 Å². The van der Waals surface area contributed by atoms with Crippen molar-refractivity contribution < 1.29 is 18.0 Å². The fraction of sp³-hybridized carbons (Fsp3) is 0.385. The fourth-order valence-corrected chi connectivity index (χ4v) is 2.10. The number of hydrogen-bond donors (Lipinski definition) is 1. The van der Waals surface area contributed by atoms with Gasteiger partial charge in [0.05, 0.1) is 11.9 Å². The zero-order chi connectivity index (χ0) is 13.9. The van der Waals surface area contributed by atoms with Gasteiger partial charge in [0, 0.05) is 12.1 Å². The number of hydrogen-bond acceptors (Lipinski definition) is 2. The molecule has 0 saturated heterocycles. The molecule has 0 aliphatic heterocycles. The van der Waals surface area contributed by atoms with Crippen molar-refractivity contribution >= 4 is 11.6 Å². The third-order valence-electron chi connectivity index (χ3n) is 3.01. The molecule has 0 saturated carbocycles. The van der Waals surface area contributed by atoms with Gasteiger partial charge in [-0.2, -0.15) is 13.2 Å². The predicted molar refractivity (Wildman–Crippen MR) is 64.7 cm³/mol. The van der Waals surface area contributed by atoms with E-state index in [4.69, 9.17) is 0 Å². The molecule has 1 unspecified atom stereocenters. The Bertz CT molecular complexity index is 497. The number of rotatable bonds is 2. The van der Waals surface area contributed by atoms with Crippen LogP contribution in [0.15, 0.2) is 30.6 Å². The molecule has 3 nitrogen and oxygen atoms in total. The summed E-state index contributed by atoms with van der Waals surface area (Å²) in [6, 6.07) is 1.65. The Morgan fingerprint density at radius 2 is 2.21 bits per heavy atom. The van der Waals surface area contributed by atoms with Crippen LogP contribution in [0.5, 0.6) is 0 Å². The number of aromatic nitrogens is 1. The van der Waals surface area contributed by atoms with Crippen molar-refractivity contribution in [3.05, 3.63) is 36.2 Å². The highest BCUT2D eigenvalue weighted by Gasteiger charge is 2.39. The first-order chi connectivity index (χ1) is 8.98. The Morgan fingerprint density at radius 3 is 2.84 bits per heavy atom. The second kappa shape index (κ2) is 5.42. The lowest BCUT2D eigenvalue weighted by atomic mass is 9.89. The molecule has 6 heteroatoms. The lowest BCUT2D eigenvalue weighted by molar-refractivity contribution is -0.167. The minimum Gasteiger partial charge on any atom is -0.317 e. The monoisotopic (exact) mass is 270 g/mol. The highest BCUT2D eigenvalue weighted by atomic mass is 19.4. The molecule has 1 N–H and O–H groups in total. The predicted octanol–water partition coefficient (Wildman–Crippen LogP) is 3.41. The number of alkyl halides is 3. The topological polar surface area (TPSA) is 42.0 Å². The van der Waals surface area contributed by atoms with Crippen molar-refractivity contribution in [2.24, 2.45) is 0 Å². The molecule has 2 rings (SSSR count). The highest BCUT2D eigenvalue weighted by Crippen LogP contribution is 2.32. The number of allylic oxidation sites excluding steroid dienone is 2. The van der Waals surface area contributed by atoms with E-state index in [1.54, 1.807) is 6.07 Å². The van der Waals surface area contributed by atoms with Gasteiger partial charge in [-0.1, -0.05) is 12.2 Å². The van der Waals surface area contributed by atoms with E-state index in [2.05, 4.69) is 4.98 Å². The minimum atomic E-state index is -4.89. The zero-order valence-electron chi connectivity index (χ0n) is 10.1. The Morgan fingerprint density at radius 1 is 1.42 bits per heavy atom. The molecular formula is C13H13F3N2O. The van der Waals surface area contributed by atoms with Crippen molar-refractivity contribution in [1.29, 1.82) is 0 Å². The quantitative estimate of drug-likeness (QED) is 0.837. The van der Waals surface area contributed by atoms with Crippen LogP contribution in [-0.2, 0) is 4.79 Å². The van der Waals surface area contributed by atoms with E-state index in [0.717, 1.165) is 19.3 Å². The van der Waals surface area contributed by atoms with Crippen LogP contribution in [0.1, 0.15) is 30.7 Å². The Kier molecular flexibility index (Phi) is 3.87. The average Bonchev–Trinajstić information content (AvgIpc) is 2.39. The van der Waals surface area contributed by atoms with Gasteiger partial charge in [-0.3, -0.25) is 9.78 Å². The molecule has 1 aliphatic carbocycles. The van der Waals surface area contributed by atoms with Crippen molar-refractivity contribution in [2.45, 2.75) is 31.4 Å². The maximum Gasteiger partial charge on any atom is 0.471 e. The molecule has 1 atom stereocenters. The van der Waals surface area contributed by atoms with Crippen LogP contribution in [0.4, 0.5) is 18.9 Å². The van der Waals surface area contributed by atoms with Crippen LogP contribution in [0, 0.1) is 0 Å². The number of anilines is 1. The first kappa shape index (κ1) is 13.6. The van der Waals surface area contributed by atoms with Crippen molar-refractivity contribution in [2.75, 3.05) is 5.32 Å². The Balaban J connectivity index is 2.23. The summed E-state index contributed by atoms with van der Waals surface area (Å²) in [4.78, 5) is 14.8. The van der Waals surface area contributed by atoms with Crippen LogP contribution >= 0.6 is 0 Å².